The van der Waals surface area contributed by atoms with E-state index in [-0.39, 0.29) is 17.7 Å². The molecule has 0 unspecified atom stereocenters. The van der Waals surface area contributed by atoms with Crippen molar-refractivity contribution < 1.29 is 27.9 Å². The third kappa shape index (κ3) is 5.49. The largest absolute Gasteiger partial charge is 0.497 e. The van der Waals surface area contributed by atoms with Gasteiger partial charge in [0, 0.05) is 17.8 Å². The zero-order chi connectivity index (χ0) is 19.2. The highest BCUT2D eigenvalue weighted by molar-refractivity contribution is 7.92. The summed E-state index contributed by atoms with van der Waals surface area (Å²) >= 11 is 0. The second kappa shape index (κ2) is 8.34. The number of hydrogen-bond acceptors (Lipinski definition) is 5. The van der Waals surface area contributed by atoms with Crippen LogP contribution >= 0.6 is 0 Å². The first kappa shape index (κ1) is 19.3. The number of hydrogen-bond donors (Lipinski definition) is 3. The topological polar surface area (TPSA) is 122 Å². The van der Waals surface area contributed by atoms with E-state index in [1.165, 1.54) is 31.4 Å². The highest BCUT2D eigenvalue weighted by Crippen LogP contribution is 2.20. The summed E-state index contributed by atoms with van der Waals surface area (Å²) in [5, 5.41) is 11.1. The number of benzene rings is 2. The van der Waals surface area contributed by atoms with Gasteiger partial charge < -0.3 is 15.2 Å². The second-order valence-corrected chi connectivity index (χ2v) is 6.98. The van der Waals surface area contributed by atoms with Gasteiger partial charge in [-0.15, -0.1) is 0 Å². The summed E-state index contributed by atoms with van der Waals surface area (Å²) in [6.45, 7) is 0. The third-order valence-electron chi connectivity index (χ3n) is 3.36. The number of anilines is 2. The van der Waals surface area contributed by atoms with Gasteiger partial charge in [-0.25, -0.2) is 8.42 Å². The fourth-order valence-corrected chi connectivity index (χ4v) is 3.09. The number of rotatable bonds is 8. The minimum absolute atomic E-state index is 0.0249. The number of carbonyl (C=O) groups is 2. The lowest BCUT2D eigenvalue weighted by atomic mass is 10.2. The molecule has 1 amide bonds. The van der Waals surface area contributed by atoms with Gasteiger partial charge in [-0.05, 0) is 48.5 Å². The maximum absolute atomic E-state index is 12.4. The molecule has 0 saturated carbocycles. The van der Waals surface area contributed by atoms with Crippen molar-refractivity contribution in [2.75, 3.05) is 17.1 Å². The molecule has 0 aliphatic carbocycles. The summed E-state index contributed by atoms with van der Waals surface area (Å²) in [6.07, 6.45) is -0.432. The molecule has 0 saturated heterocycles. The summed E-state index contributed by atoms with van der Waals surface area (Å²) in [6, 6.07) is 12.0. The molecule has 26 heavy (non-hydrogen) atoms. The first-order valence-electron chi connectivity index (χ1n) is 7.59. The summed E-state index contributed by atoms with van der Waals surface area (Å²) in [4.78, 5) is 22.0. The van der Waals surface area contributed by atoms with Crippen LogP contribution in [-0.4, -0.2) is 32.5 Å². The fourth-order valence-electron chi connectivity index (χ4n) is 2.03. The number of carboxylic acids is 1. The predicted octanol–water partition coefficient (Wildman–Crippen LogP) is 2.30. The van der Waals surface area contributed by atoms with E-state index in [0.29, 0.717) is 17.1 Å². The van der Waals surface area contributed by atoms with Gasteiger partial charge in [0.25, 0.3) is 10.0 Å². The van der Waals surface area contributed by atoms with E-state index in [1.807, 2.05) is 0 Å². The molecule has 2 aromatic carbocycles. The fraction of sp³-hybridized carbons (Fsp3) is 0.176. The molecule has 0 fully saturated rings. The highest BCUT2D eigenvalue weighted by atomic mass is 32.2. The number of ether oxygens (including phenoxy) is 1. The van der Waals surface area contributed by atoms with Crippen LogP contribution in [0, 0.1) is 0 Å². The minimum atomic E-state index is -3.78. The average molecular weight is 378 g/mol. The first-order valence-corrected chi connectivity index (χ1v) is 9.07. The lowest BCUT2D eigenvalue weighted by molar-refractivity contribution is -0.138. The number of nitrogens with one attached hydrogen (secondary N) is 2. The molecule has 0 atom stereocenters. The number of aliphatic carboxylic acids is 1. The number of sulfonamides is 1. The van der Waals surface area contributed by atoms with Crippen LogP contribution in [-0.2, 0) is 19.6 Å². The lowest BCUT2D eigenvalue weighted by Gasteiger charge is -2.10. The van der Waals surface area contributed by atoms with Crippen molar-refractivity contribution in [3.63, 3.8) is 0 Å². The smallest absolute Gasteiger partial charge is 0.303 e. The van der Waals surface area contributed by atoms with Gasteiger partial charge in [0.15, 0.2) is 0 Å². The number of amides is 1. The molecule has 2 aromatic rings. The van der Waals surface area contributed by atoms with Gasteiger partial charge in [-0.3, -0.25) is 14.3 Å². The Bertz CT molecular complexity index is 876. The van der Waals surface area contributed by atoms with Crippen LogP contribution in [0.15, 0.2) is 53.4 Å². The monoisotopic (exact) mass is 378 g/mol. The quantitative estimate of drug-likeness (QED) is 0.648. The SMILES string of the molecule is COc1ccc(NS(=O)(=O)c2ccc(NC(=O)CCC(=O)O)cc2)cc1. The van der Waals surface area contributed by atoms with Crippen molar-refractivity contribution in [3.05, 3.63) is 48.5 Å². The number of carboxylic acid groups (broad SMARTS) is 1. The molecule has 0 bridgehead atoms. The summed E-state index contributed by atoms with van der Waals surface area (Å²) < 4.78 is 32.2. The molecule has 0 radical (unpaired) electrons. The molecule has 2 rings (SSSR count). The van der Waals surface area contributed by atoms with Crippen molar-refractivity contribution in [1.82, 2.24) is 0 Å². The van der Waals surface area contributed by atoms with Crippen molar-refractivity contribution in [2.45, 2.75) is 17.7 Å². The Kier molecular flexibility index (Phi) is 6.18. The Hall–Kier alpha value is -3.07. The van der Waals surface area contributed by atoms with Gasteiger partial charge in [0.2, 0.25) is 5.91 Å². The van der Waals surface area contributed by atoms with Gasteiger partial charge >= 0.3 is 5.97 Å². The minimum Gasteiger partial charge on any atom is -0.497 e. The second-order valence-electron chi connectivity index (χ2n) is 5.30. The summed E-state index contributed by atoms with van der Waals surface area (Å²) in [5.74, 6) is -0.915. The predicted molar refractivity (Wildman–Crippen MR) is 95.7 cm³/mol. The van der Waals surface area contributed by atoms with Crippen molar-refractivity contribution in [2.24, 2.45) is 0 Å². The average Bonchev–Trinajstić information content (AvgIpc) is 2.61. The zero-order valence-corrected chi connectivity index (χ0v) is 14.7. The Morgan fingerprint density at radius 2 is 1.54 bits per heavy atom. The van der Waals surface area contributed by atoms with E-state index in [2.05, 4.69) is 10.0 Å². The molecule has 0 aliphatic rings. The Balaban J connectivity index is 2.03. The van der Waals surface area contributed by atoms with Gasteiger partial charge in [0.05, 0.1) is 18.4 Å². The van der Waals surface area contributed by atoms with E-state index in [0.717, 1.165) is 0 Å². The molecule has 0 aliphatic heterocycles. The standard InChI is InChI=1S/C17H18N2O6S/c1-25-14-6-2-13(3-7-14)19-26(23,24)15-8-4-12(5-9-15)18-16(20)10-11-17(21)22/h2-9,19H,10-11H2,1H3,(H,18,20)(H,21,22). The van der Waals surface area contributed by atoms with Crippen LogP contribution in [0.25, 0.3) is 0 Å². The van der Waals surface area contributed by atoms with Crippen molar-refractivity contribution >= 4 is 33.3 Å². The molecular weight excluding hydrogens is 360 g/mol. The third-order valence-corrected chi connectivity index (χ3v) is 4.75. The number of carbonyl (C=O) groups excluding carboxylic acids is 1. The highest BCUT2D eigenvalue weighted by Gasteiger charge is 2.14. The van der Waals surface area contributed by atoms with E-state index in [4.69, 9.17) is 9.84 Å². The Labute approximate surface area is 150 Å². The van der Waals surface area contributed by atoms with Crippen LogP contribution in [0.1, 0.15) is 12.8 Å². The van der Waals surface area contributed by atoms with Gasteiger partial charge in [-0.1, -0.05) is 0 Å². The molecular formula is C17H18N2O6S. The number of methoxy groups -OCH3 is 1. The van der Waals surface area contributed by atoms with Crippen LogP contribution in [0.4, 0.5) is 11.4 Å². The van der Waals surface area contributed by atoms with Crippen LogP contribution < -0.4 is 14.8 Å². The molecule has 9 heteroatoms. The molecule has 3 N–H and O–H groups in total. The molecule has 8 nitrogen and oxygen atoms in total. The van der Waals surface area contributed by atoms with Crippen LogP contribution in [0.3, 0.4) is 0 Å². The zero-order valence-electron chi connectivity index (χ0n) is 13.9. The van der Waals surface area contributed by atoms with Gasteiger partial charge in [0.1, 0.15) is 5.75 Å². The van der Waals surface area contributed by atoms with E-state index in [9.17, 15) is 18.0 Å². The van der Waals surface area contributed by atoms with Crippen molar-refractivity contribution in [3.8, 4) is 5.75 Å². The normalized spacial score (nSPS) is 10.8. The van der Waals surface area contributed by atoms with Crippen molar-refractivity contribution in [1.29, 1.82) is 0 Å². The first-order chi connectivity index (χ1) is 12.3. The summed E-state index contributed by atoms with van der Waals surface area (Å²) in [5.41, 5.74) is 0.764. The molecule has 0 heterocycles. The van der Waals surface area contributed by atoms with E-state index < -0.39 is 21.9 Å². The van der Waals surface area contributed by atoms with Gasteiger partial charge in [-0.2, -0.15) is 0 Å². The van der Waals surface area contributed by atoms with Crippen LogP contribution in [0.5, 0.6) is 5.75 Å². The molecule has 0 spiro atoms. The van der Waals surface area contributed by atoms with E-state index in [1.54, 1.807) is 24.3 Å². The molecule has 138 valence electrons. The summed E-state index contributed by atoms with van der Waals surface area (Å²) in [7, 11) is -2.27. The maximum Gasteiger partial charge on any atom is 0.303 e. The van der Waals surface area contributed by atoms with Crippen LogP contribution in [0.2, 0.25) is 0 Å². The Morgan fingerprint density at radius 1 is 0.962 bits per heavy atom. The Morgan fingerprint density at radius 3 is 2.08 bits per heavy atom. The lowest BCUT2D eigenvalue weighted by Crippen LogP contribution is -2.14. The maximum atomic E-state index is 12.4. The molecule has 0 aromatic heterocycles. The van der Waals surface area contributed by atoms with E-state index >= 15 is 0 Å².